The Hall–Kier alpha value is -2.82. The number of amides is 3. The second-order valence-corrected chi connectivity index (χ2v) is 5.12. The van der Waals surface area contributed by atoms with E-state index in [1.54, 1.807) is 31.3 Å². The number of nitrogens with one attached hydrogen (secondary N) is 3. The number of aryl methyl sites for hydroxylation is 2. The number of benzene rings is 2. The van der Waals surface area contributed by atoms with E-state index in [-0.39, 0.29) is 11.9 Å². The lowest BCUT2D eigenvalue weighted by Gasteiger charge is -2.09. The van der Waals surface area contributed by atoms with Gasteiger partial charge in [-0.05, 0) is 44.2 Å². The van der Waals surface area contributed by atoms with Gasteiger partial charge in [-0.1, -0.05) is 23.3 Å². The van der Waals surface area contributed by atoms with Gasteiger partial charge in [-0.15, -0.1) is 0 Å². The van der Waals surface area contributed by atoms with Crippen molar-refractivity contribution in [2.45, 2.75) is 13.8 Å². The van der Waals surface area contributed by atoms with Gasteiger partial charge in [0.25, 0.3) is 5.91 Å². The molecule has 0 spiro atoms. The molecule has 5 nitrogen and oxygen atoms in total. The molecule has 0 unspecified atom stereocenters. The van der Waals surface area contributed by atoms with E-state index in [4.69, 9.17) is 0 Å². The average Bonchev–Trinajstić information content (AvgIpc) is 2.46. The molecule has 5 heteroatoms. The second-order valence-electron chi connectivity index (χ2n) is 5.12. The van der Waals surface area contributed by atoms with Crippen molar-refractivity contribution in [3.05, 3.63) is 59.2 Å². The molecule has 0 saturated heterocycles. The predicted molar refractivity (Wildman–Crippen MR) is 88.4 cm³/mol. The first-order chi connectivity index (χ1) is 10.5. The number of rotatable bonds is 3. The highest BCUT2D eigenvalue weighted by Crippen LogP contribution is 2.17. The van der Waals surface area contributed by atoms with Crippen LogP contribution in [0.5, 0.6) is 0 Å². The van der Waals surface area contributed by atoms with Gasteiger partial charge >= 0.3 is 6.03 Å². The molecule has 114 valence electrons. The Balaban J connectivity index is 2.14. The normalized spacial score (nSPS) is 9.95. The van der Waals surface area contributed by atoms with Crippen molar-refractivity contribution in [2.24, 2.45) is 0 Å². The summed E-state index contributed by atoms with van der Waals surface area (Å²) in [6.07, 6.45) is 0. The fraction of sp³-hybridized carbons (Fsp3) is 0.176. The van der Waals surface area contributed by atoms with Gasteiger partial charge < -0.3 is 16.0 Å². The van der Waals surface area contributed by atoms with Crippen molar-refractivity contribution < 1.29 is 9.59 Å². The van der Waals surface area contributed by atoms with Crippen LogP contribution in [0, 0.1) is 13.8 Å². The highest BCUT2D eigenvalue weighted by molar-refractivity contribution is 6.04. The molecule has 0 aliphatic heterocycles. The average molecular weight is 297 g/mol. The topological polar surface area (TPSA) is 70.2 Å². The summed E-state index contributed by atoms with van der Waals surface area (Å²) in [5.74, 6) is -0.177. The monoisotopic (exact) mass is 297 g/mol. The van der Waals surface area contributed by atoms with E-state index >= 15 is 0 Å². The first kappa shape index (κ1) is 15.6. The van der Waals surface area contributed by atoms with Gasteiger partial charge in [-0.2, -0.15) is 0 Å². The Morgan fingerprint density at radius 3 is 2.05 bits per heavy atom. The van der Waals surface area contributed by atoms with Crippen molar-refractivity contribution in [1.29, 1.82) is 0 Å². The summed E-state index contributed by atoms with van der Waals surface area (Å²) >= 11 is 0. The van der Waals surface area contributed by atoms with Crippen LogP contribution < -0.4 is 16.0 Å². The van der Waals surface area contributed by atoms with Crippen molar-refractivity contribution in [3.8, 4) is 0 Å². The third-order valence-electron chi connectivity index (χ3n) is 3.09. The molecule has 0 aromatic heterocycles. The minimum absolute atomic E-state index is 0.177. The molecule has 3 amide bonds. The van der Waals surface area contributed by atoms with Crippen molar-refractivity contribution >= 4 is 23.3 Å². The highest BCUT2D eigenvalue weighted by atomic mass is 16.2. The van der Waals surface area contributed by atoms with E-state index in [9.17, 15) is 9.59 Å². The molecule has 0 aliphatic rings. The molecular weight excluding hydrogens is 278 g/mol. The number of hydrogen-bond donors (Lipinski definition) is 3. The number of urea groups is 1. The van der Waals surface area contributed by atoms with Crippen LogP contribution in [-0.2, 0) is 0 Å². The van der Waals surface area contributed by atoms with Gasteiger partial charge in [0.1, 0.15) is 0 Å². The predicted octanol–water partition coefficient (Wildman–Crippen LogP) is 3.31. The molecule has 2 aromatic rings. The van der Waals surface area contributed by atoms with Crippen LogP contribution in [0.15, 0.2) is 42.5 Å². The maximum atomic E-state index is 12.3. The van der Waals surface area contributed by atoms with Crippen molar-refractivity contribution in [3.63, 3.8) is 0 Å². The van der Waals surface area contributed by atoms with E-state index in [1.165, 1.54) is 0 Å². The molecule has 0 aliphatic carbocycles. The Morgan fingerprint density at radius 2 is 1.45 bits per heavy atom. The summed E-state index contributed by atoms with van der Waals surface area (Å²) < 4.78 is 0. The largest absolute Gasteiger partial charge is 0.341 e. The zero-order chi connectivity index (χ0) is 16.1. The molecule has 22 heavy (non-hydrogen) atoms. The number of hydrogen-bond acceptors (Lipinski definition) is 2. The third kappa shape index (κ3) is 4.09. The fourth-order valence-electron chi connectivity index (χ4n) is 2.18. The van der Waals surface area contributed by atoms with Crippen LogP contribution >= 0.6 is 0 Å². The van der Waals surface area contributed by atoms with Gasteiger partial charge in [0.05, 0.1) is 0 Å². The zero-order valence-corrected chi connectivity index (χ0v) is 12.9. The summed E-state index contributed by atoms with van der Waals surface area (Å²) in [6.45, 7) is 3.91. The Kier molecular flexibility index (Phi) is 4.78. The standard InChI is InChI=1S/C17H19N3O2/c1-11-7-12(2)9-13(8-11)16(21)19-14-5-4-6-15(10-14)20-17(22)18-3/h4-10H,1-3H3,(H,19,21)(H2,18,20,22). The number of carbonyl (C=O) groups is 2. The van der Waals surface area contributed by atoms with Crippen molar-refractivity contribution in [2.75, 3.05) is 17.7 Å². The lowest BCUT2D eigenvalue weighted by molar-refractivity contribution is 0.102. The fourth-order valence-corrected chi connectivity index (χ4v) is 2.18. The summed E-state index contributed by atoms with van der Waals surface area (Å²) in [7, 11) is 1.54. The molecule has 0 fully saturated rings. The first-order valence-electron chi connectivity index (χ1n) is 6.96. The van der Waals surface area contributed by atoms with Crippen molar-refractivity contribution in [1.82, 2.24) is 5.32 Å². The van der Waals surface area contributed by atoms with Crippen LogP contribution in [0.25, 0.3) is 0 Å². The van der Waals surface area contributed by atoms with Crippen LogP contribution in [0.2, 0.25) is 0 Å². The van der Waals surface area contributed by atoms with E-state index < -0.39 is 0 Å². The van der Waals surface area contributed by atoms with E-state index in [0.29, 0.717) is 16.9 Å². The van der Waals surface area contributed by atoms with Crippen LogP contribution in [0.3, 0.4) is 0 Å². The molecule has 0 bridgehead atoms. The quantitative estimate of drug-likeness (QED) is 0.813. The smallest absolute Gasteiger partial charge is 0.318 e. The molecule has 3 N–H and O–H groups in total. The molecule has 0 atom stereocenters. The zero-order valence-electron chi connectivity index (χ0n) is 12.9. The molecule has 0 saturated carbocycles. The Bertz CT molecular complexity index is 691. The maximum absolute atomic E-state index is 12.3. The van der Waals surface area contributed by atoms with E-state index in [2.05, 4.69) is 16.0 Å². The third-order valence-corrected chi connectivity index (χ3v) is 3.09. The number of carbonyl (C=O) groups excluding carboxylic acids is 2. The Labute approximate surface area is 129 Å². The van der Waals surface area contributed by atoms with Gasteiger partial charge in [0.15, 0.2) is 0 Å². The van der Waals surface area contributed by atoms with E-state index in [0.717, 1.165) is 11.1 Å². The first-order valence-corrected chi connectivity index (χ1v) is 6.96. The number of anilines is 2. The van der Waals surface area contributed by atoms with Gasteiger partial charge in [-0.3, -0.25) is 4.79 Å². The van der Waals surface area contributed by atoms with Crippen LogP contribution in [0.1, 0.15) is 21.5 Å². The Morgan fingerprint density at radius 1 is 0.864 bits per heavy atom. The molecule has 2 aromatic carbocycles. The molecule has 0 heterocycles. The minimum atomic E-state index is -0.308. The minimum Gasteiger partial charge on any atom is -0.341 e. The van der Waals surface area contributed by atoms with E-state index in [1.807, 2.05) is 32.0 Å². The molecular formula is C17H19N3O2. The molecule has 2 rings (SSSR count). The van der Waals surface area contributed by atoms with Gasteiger partial charge in [-0.25, -0.2) is 4.79 Å². The second kappa shape index (κ2) is 6.76. The summed E-state index contributed by atoms with van der Waals surface area (Å²) in [6, 6.07) is 12.4. The van der Waals surface area contributed by atoms with Crippen LogP contribution in [-0.4, -0.2) is 19.0 Å². The highest BCUT2D eigenvalue weighted by Gasteiger charge is 2.08. The summed E-state index contributed by atoms with van der Waals surface area (Å²) in [5, 5.41) is 7.97. The molecule has 0 radical (unpaired) electrons. The van der Waals surface area contributed by atoms with Gasteiger partial charge in [0, 0.05) is 24.0 Å². The SMILES string of the molecule is CNC(=O)Nc1cccc(NC(=O)c2cc(C)cc(C)c2)c1. The summed E-state index contributed by atoms with van der Waals surface area (Å²) in [4.78, 5) is 23.6. The lowest BCUT2D eigenvalue weighted by Crippen LogP contribution is -2.24. The lowest BCUT2D eigenvalue weighted by atomic mass is 10.1. The maximum Gasteiger partial charge on any atom is 0.318 e. The summed E-state index contributed by atoms with van der Waals surface area (Å²) in [5.41, 5.74) is 3.93. The van der Waals surface area contributed by atoms with Gasteiger partial charge in [0.2, 0.25) is 0 Å². The van der Waals surface area contributed by atoms with Crippen LogP contribution in [0.4, 0.5) is 16.2 Å².